The van der Waals surface area contributed by atoms with E-state index >= 15 is 0 Å². The Morgan fingerprint density at radius 1 is 1.08 bits per heavy atom. The molecule has 0 aliphatic carbocycles. The summed E-state index contributed by atoms with van der Waals surface area (Å²) in [5, 5.41) is 7.96. The lowest BCUT2D eigenvalue weighted by atomic mass is 10.0. The molecule has 2 aromatic carbocycles. The smallest absolute Gasteiger partial charge is 0.449 e. The Morgan fingerprint density at radius 2 is 1.82 bits per heavy atom. The van der Waals surface area contributed by atoms with Gasteiger partial charge in [-0.15, -0.1) is 30.6 Å². The van der Waals surface area contributed by atoms with Crippen LogP contribution in [0.3, 0.4) is 0 Å². The minimum Gasteiger partial charge on any atom is -0.449 e. The number of rotatable bonds is 7. The Labute approximate surface area is 223 Å². The molecule has 2 amide bonds. The van der Waals surface area contributed by atoms with E-state index in [-0.39, 0.29) is 38.0 Å². The first-order chi connectivity index (χ1) is 18.7. The zero-order chi connectivity index (χ0) is 27.8. The molecule has 204 valence electrons. The lowest BCUT2D eigenvalue weighted by Gasteiger charge is -2.40. The Kier molecular flexibility index (Phi) is 8.70. The number of amides is 2. The normalized spacial score (nSPS) is 15.5. The van der Waals surface area contributed by atoms with Crippen LogP contribution in [0.5, 0.6) is 5.75 Å². The average molecular weight is 542 g/mol. The number of halogens is 3. The highest BCUT2D eigenvalue weighted by Crippen LogP contribution is 2.26. The van der Waals surface area contributed by atoms with Crippen molar-refractivity contribution < 1.29 is 32.2 Å². The number of alkyl halides is 3. The van der Waals surface area contributed by atoms with Gasteiger partial charge in [-0.3, -0.25) is 0 Å². The molecule has 0 spiro atoms. The van der Waals surface area contributed by atoms with Gasteiger partial charge in [0.2, 0.25) is 0 Å². The van der Waals surface area contributed by atoms with E-state index in [9.17, 15) is 22.8 Å². The van der Waals surface area contributed by atoms with Crippen molar-refractivity contribution in [3.8, 4) is 29.4 Å². The molecule has 1 aromatic heterocycles. The second-order valence-electron chi connectivity index (χ2n) is 8.81. The highest BCUT2D eigenvalue weighted by Gasteiger charge is 2.34. The molecule has 0 bridgehead atoms. The fourth-order valence-corrected chi connectivity index (χ4v) is 4.21. The van der Waals surface area contributed by atoms with Crippen molar-refractivity contribution >= 4 is 12.1 Å². The van der Waals surface area contributed by atoms with Gasteiger partial charge in [0, 0.05) is 31.6 Å². The van der Waals surface area contributed by atoms with Crippen LogP contribution >= 0.6 is 0 Å². The van der Waals surface area contributed by atoms with Crippen molar-refractivity contribution in [3.05, 3.63) is 66.4 Å². The maximum absolute atomic E-state index is 13.5. The molecule has 3 aromatic rings. The third kappa shape index (κ3) is 7.50. The number of ether oxygens (including phenoxy) is 2. The van der Waals surface area contributed by atoms with E-state index in [1.807, 2.05) is 30.3 Å². The van der Waals surface area contributed by atoms with Crippen LogP contribution in [-0.2, 0) is 11.2 Å². The molecule has 2 heterocycles. The molecule has 1 fully saturated rings. The predicted molar refractivity (Wildman–Crippen MR) is 135 cm³/mol. The molecule has 1 aliphatic rings. The molecule has 9 nitrogen and oxygen atoms in total. The zero-order valence-corrected chi connectivity index (χ0v) is 20.9. The Bertz CT molecular complexity index is 1310. The maximum atomic E-state index is 13.5. The van der Waals surface area contributed by atoms with E-state index < -0.39 is 18.5 Å². The molecule has 12 heteroatoms. The number of piperazine rings is 1. The van der Waals surface area contributed by atoms with Gasteiger partial charge in [0.25, 0.3) is 0 Å². The number of unbranched alkanes of at least 4 members (excludes halogenated alkanes) is 1. The Balaban J connectivity index is 1.47. The molecule has 1 saturated heterocycles. The number of carbonyl (C=O) groups is 2. The Morgan fingerprint density at radius 3 is 2.51 bits per heavy atom. The standard InChI is InChI=1S/C27H26F3N5O4/c1-2-3-7-16-38-26(37)33-14-15-34(22(18-33)17-20-8-5-4-6-9-20)25(36)35-19-24(31-32-35)21-10-12-23(13-11-21)39-27(28,29)30/h1,4-6,8-13,19,22H,3,7,14-18H2. The topological polar surface area (TPSA) is 89.8 Å². The van der Waals surface area contributed by atoms with Gasteiger partial charge in [-0.05, 0) is 42.7 Å². The van der Waals surface area contributed by atoms with E-state index in [0.717, 1.165) is 22.4 Å². The summed E-state index contributed by atoms with van der Waals surface area (Å²) in [5.41, 5.74) is 1.75. The second kappa shape index (κ2) is 12.3. The third-order valence-corrected chi connectivity index (χ3v) is 6.06. The number of hydrogen-bond donors (Lipinski definition) is 0. The van der Waals surface area contributed by atoms with Crippen LogP contribution in [0.15, 0.2) is 60.8 Å². The van der Waals surface area contributed by atoms with E-state index in [4.69, 9.17) is 11.2 Å². The average Bonchev–Trinajstić information content (AvgIpc) is 3.41. The molecule has 0 N–H and O–H groups in total. The van der Waals surface area contributed by atoms with Crippen molar-refractivity contribution in [2.24, 2.45) is 0 Å². The van der Waals surface area contributed by atoms with Gasteiger partial charge >= 0.3 is 18.5 Å². The van der Waals surface area contributed by atoms with Gasteiger partial charge in [0.1, 0.15) is 11.4 Å². The molecular weight excluding hydrogens is 515 g/mol. The molecule has 0 radical (unpaired) electrons. The number of aromatic nitrogens is 3. The lowest BCUT2D eigenvalue weighted by Crippen LogP contribution is -2.58. The number of terminal acetylenes is 1. The summed E-state index contributed by atoms with van der Waals surface area (Å²) in [6, 6.07) is 13.9. The number of nitrogens with zero attached hydrogens (tertiary/aromatic N) is 5. The molecule has 1 aliphatic heterocycles. The molecule has 0 saturated carbocycles. The van der Waals surface area contributed by atoms with Gasteiger partial charge in [-0.2, -0.15) is 4.68 Å². The van der Waals surface area contributed by atoms with Crippen molar-refractivity contribution in [2.75, 3.05) is 26.2 Å². The van der Waals surface area contributed by atoms with Crippen LogP contribution in [0.1, 0.15) is 18.4 Å². The summed E-state index contributed by atoms with van der Waals surface area (Å²) in [4.78, 5) is 29.3. The minimum absolute atomic E-state index is 0.219. The minimum atomic E-state index is -4.80. The van der Waals surface area contributed by atoms with Crippen molar-refractivity contribution in [1.29, 1.82) is 0 Å². The molecule has 1 unspecified atom stereocenters. The number of carbonyl (C=O) groups excluding carboxylic acids is 2. The third-order valence-electron chi connectivity index (χ3n) is 6.06. The van der Waals surface area contributed by atoms with Gasteiger partial charge in [-0.1, -0.05) is 35.5 Å². The summed E-state index contributed by atoms with van der Waals surface area (Å²) < 4.78 is 47.6. The Hall–Kier alpha value is -4.53. The van der Waals surface area contributed by atoms with Gasteiger partial charge in [-0.25, -0.2) is 9.59 Å². The number of benzene rings is 2. The van der Waals surface area contributed by atoms with E-state index in [1.165, 1.54) is 18.3 Å². The summed E-state index contributed by atoms with van der Waals surface area (Å²) in [6.07, 6.45) is 2.97. The molecule has 1 atom stereocenters. The van der Waals surface area contributed by atoms with E-state index in [1.54, 1.807) is 9.80 Å². The van der Waals surface area contributed by atoms with Gasteiger partial charge in [0.05, 0.1) is 18.8 Å². The highest BCUT2D eigenvalue weighted by atomic mass is 19.4. The van der Waals surface area contributed by atoms with Crippen LogP contribution in [0.4, 0.5) is 22.8 Å². The first-order valence-corrected chi connectivity index (χ1v) is 12.2. The van der Waals surface area contributed by atoms with Crippen LogP contribution < -0.4 is 4.74 Å². The highest BCUT2D eigenvalue weighted by molar-refractivity contribution is 5.78. The first-order valence-electron chi connectivity index (χ1n) is 12.2. The lowest BCUT2D eigenvalue weighted by molar-refractivity contribution is -0.274. The van der Waals surface area contributed by atoms with Crippen molar-refractivity contribution in [2.45, 2.75) is 31.7 Å². The van der Waals surface area contributed by atoms with Crippen molar-refractivity contribution in [3.63, 3.8) is 0 Å². The maximum Gasteiger partial charge on any atom is 0.573 e. The predicted octanol–water partition coefficient (Wildman–Crippen LogP) is 4.59. The monoisotopic (exact) mass is 541 g/mol. The fraction of sp³-hybridized carbons (Fsp3) is 0.333. The summed E-state index contributed by atoms with van der Waals surface area (Å²) >= 11 is 0. The fourth-order valence-electron chi connectivity index (χ4n) is 4.21. The van der Waals surface area contributed by atoms with Crippen LogP contribution in [0, 0.1) is 12.3 Å². The molecular formula is C27H26F3N5O4. The quantitative estimate of drug-likeness (QED) is 0.321. The molecule has 39 heavy (non-hydrogen) atoms. The van der Waals surface area contributed by atoms with Gasteiger partial charge < -0.3 is 19.3 Å². The molecule has 4 rings (SSSR count). The van der Waals surface area contributed by atoms with E-state index in [2.05, 4.69) is 21.0 Å². The van der Waals surface area contributed by atoms with Crippen LogP contribution in [0.25, 0.3) is 11.3 Å². The summed E-state index contributed by atoms with van der Waals surface area (Å²) in [5.74, 6) is 2.13. The second-order valence-corrected chi connectivity index (χ2v) is 8.81. The first kappa shape index (κ1) is 27.5. The zero-order valence-electron chi connectivity index (χ0n) is 20.9. The van der Waals surface area contributed by atoms with Crippen molar-refractivity contribution in [1.82, 2.24) is 24.8 Å². The van der Waals surface area contributed by atoms with Crippen LogP contribution in [0.2, 0.25) is 0 Å². The number of hydrogen-bond acceptors (Lipinski definition) is 6. The largest absolute Gasteiger partial charge is 0.573 e. The summed E-state index contributed by atoms with van der Waals surface area (Å²) in [7, 11) is 0. The SMILES string of the molecule is C#CCCCOC(=O)N1CCN(C(=O)n2cc(-c3ccc(OC(F)(F)F)cc3)nn2)C(Cc2ccccc2)C1. The van der Waals surface area contributed by atoms with Gasteiger partial charge in [0.15, 0.2) is 0 Å². The van der Waals surface area contributed by atoms with Crippen LogP contribution in [-0.4, -0.2) is 75.6 Å². The van der Waals surface area contributed by atoms with E-state index in [0.29, 0.717) is 30.5 Å². The summed E-state index contributed by atoms with van der Waals surface area (Å²) in [6.45, 7) is 0.995.